The van der Waals surface area contributed by atoms with E-state index in [9.17, 15) is 13.6 Å². The van der Waals surface area contributed by atoms with Gasteiger partial charge in [0.25, 0.3) is 0 Å². The van der Waals surface area contributed by atoms with E-state index >= 15 is 0 Å². The number of hydrogen-bond acceptors (Lipinski definition) is 4. The fraction of sp³-hybridized carbons (Fsp3) is 0.350. The zero-order valence-electron chi connectivity index (χ0n) is 15.7. The summed E-state index contributed by atoms with van der Waals surface area (Å²) in [6.45, 7) is -2.34. The van der Waals surface area contributed by atoms with Crippen LogP contribution in [0.4, 0.5) is 19.3 Å². The topological polar surface area (TPSA) is 60.0 Å². The van der Waals surface area contributed by atoms with Crippen molar-refractivity contribution in [3.63, 3.8) is 0 Å². The van der Waals surface area contributed by atoms with Gasteiger partial charge in [0, 0.05) is 29.9 Å². The van der Waals surface area contributed by atoms with E-state index in [1.165, 1.54) is 12.1 Å². The summed E-state index contributed by atoms with van der Waals surface area (Å²) >= 11 is 0. The number of hydrogen-bond donors (Lipinski definition) is 1. The summed E-state index contributed by atoms with van der Waals surface area (Å²) in [6, 6.07) is 11.0. The number of alkyl halides is 2. The molecule has 1 atom stereocenters. The van der Waals surface area contributed by atoms with Gasteiger partial charge in [0.15, 0.2) is 0 Å². The lowest BCUT2D eigenvalue weighted by molar-refractivity contribution is -0.0497. The molecule has 0 bridgehead atoms. The molecule has 150 valence electrons. The Bertz CT molecular complexity index is 832. The van der Waals surface area contributed by atoms with Crippen LogP contribution in [0.2, 0.25) is 0 Å². The molecular formula is C20H22F2N2O4. The average molecular weight is 392 g/mol. The number of methoxy groups -OCH3 is 2. The number of carbonyl (C=O) groups is 1. The summed E-state index contributed by atoms with van der Waals surface area (Å²) in [6.07, 6.45) is 1.65. The van der Waals surface area contributed by atoms with E-state index in [0.29, 0.717) is 23.7 Å². The highest BCUT2D eigenvalue weighted by Gasteiger charge is 2.32. The summed E-state index contributed by atoms with van der Waals surface area (Å²) < 4.78 is 39.9. The Morgan fingerprint density at radius 2 is 1.96 bits per heavy atom. The smallest absolute Gasteiger partial charge is 0.387 e. The number of nitrogens with zero attached hydrogens (tertiary/aromatic N) is 1. The van der Waals surface area contributed by atoms with E-state index in [1.807, 2.05) is 12.1 Å². The van der Waals surface area contributed by atoms with E-state index < -0.39 is 6.61 Å². The number of ether oxygens (including phenoxy) is 3. The number of nitrogens with one attached hydrogen (secondary N) is 1. The van der Waals surface area contributed by atoms with Gasteiger partial charge in [-0.25, -0.2) is 4.79 Å². The quantitative estimate of drug-likeness (QED) is 0.776. The van der Waals surface area contributed by atoms with Crippen LogP contribution in [0.5, 0.6) is 17.2 Å². The summed E-state index contributed by atoms with van der Waals surface area (Å²) in [5.41, 5.74) is 1.28. The SMILES string of the molecule is COc1ccc(C2CCCN2C(=O)Nc2cccc(OC(F)F)c2)c(OC)c1. The number of halogens is 2. The van der Waals surface area contributed by atoms with Gasteiger partial charge in [0.05, 0.1) is 20.3 Å². The predicted molar refractivity (Wildman–Crippen MR) is 100 cm³/mol. The molecule has 0 saturated carbocycles. The molecule has 1 aliphatic heterocycles. The third-order valence-electron chi connectivity index (χ3n) is 4.62. The van der Waals surface area contributed by atoms with Crippen LogP contribution < -0.4 is 19.5 Å². The third kappa shape index (κ3) is 4.44. The van der Waals surface area contributed by atoms with Crippen molar-refractivity contribution in [2.75, 3.05) is 26.1 Å². The van der Waals surface area contributed by atoms with Crippen LogP contribution >= 0.6 is 0 Å². The second kappa shape index (κ2) is 8.77. The fourth-order valence-electron chi connectivity index (χ4n) is 3.37. The molecule has 2 amide bonds. The molecule has 1 fully saturated rings. The van der Waals surface area contributed by atoms with Crippen LogP contribution in [-0.4, -0.2) is 38.3 Å². The third-order valence-corrected chi connectivity index (χ3v) is 4.62. The van der Waals surface area contributed by atoms with Crippen LogP contribution in [-0.2, 0) is 0 Å². The first-order valence-corrected chi connectivity index (χ1v) is 8.86. The zero-order chi connectivity index (χ0) is 20.1. The number of rotatable bonds is 6. The van der Waals surface area contributed by atoms with Gasteiger partial charge in [0.2, 0.25) is 0 Å². The maximum atomic E-state index is 12.8. The first kappa shape index (κ1) is 19.7. The Morgan fingerprint density at radius 1 is 1.14 bits per heavy atom. The number of anilines is 1. The van der Waals surface area contributed by atoms with Gasteiger partial charge in [-0.1, -0.05) is 6.07 Å². The molecule has 1 unspecified atom stereocenters. The summed E-state index contributed by atoms with van der Waals surface area (Å²) in [4.78, 5) is 14.5. The molecular weight excluding hydrogens is 370 g/mol. The molecule has 1 N–H and O–H groups in total. The van der Waals surface area contributed by atoms with Crippen molar-refractivity contribution in [2.45, 2.75) is 25.5 Å². The van der Waals surface area contributed by atoms with Gasteiger partial charge in [-0.15, -0.1) is 0 Å². The van der Waals surface area contributed by atoms with Gasteiger partial charge in [0.1, 0.15) is 17.2 Å². The molecule has 1 heterocycles. The van der Waals surface area contributed by atoms with Crippen molar-refractivity contribution in [2.24, 2.45) is 0 Å². The molecule has 6 nitrogen and oxygen atoms in total. The standard InChI is InChI=1S/C20H22F2N2O4/c1-26-14-8-9-16(18(12-14)27-2)17-7-4-10-24(17)20(25)23-13-5-3-6-15(11-13)28-19(21)22/h3,5-6,8-9,11-12,17,19H,4,7,10H2,1-2H3,(H,23,25). The van der Waals surface area contributed by atoms with Gasteiger partial charge in [-0.3, -0.25) is 0 Å². The van der Waals surface area contributed by atoms with E-state index in [0.717, 1.165) is 18.4 Å². The van der Waals surface area contributed by atoms with E-state index in [1.54, 1.807) is 37.3 Å². The van der Waals surface area contributed by atoms with Crippen LogP contribution in [0.1, 0.15) is 24.4 Å². The highest BCUT2D eigenvalue weighted by Crippen LogP contribution is 2.39. The molecule has 0 aromatic heterocycles. The molecule has 1 aliphatic rings. The van der Waals surface area contributed by atoms with E-state index in [4.69, 9.17) is 9.47 Å². The van der Waals surface area contributed by atoms with Crippen molar-refractivity contribution >= 4 is 11.7 Å². The minimum Gasteiger partial charge on any atom is -0.497 e. The molecule has 1 saturated heterocycles. The molecule has 2 aromatic rings. The summed E-state index contributed by atoms with van der Waals surface area (Å²) in [5, 5.41) is 2.75. The Morgan fingerprint density at radius 3 is 2.68 bits per heavy atom. The highest BCUT2D eigenvalue weighted by molar-refractivity contribution is 5.90. The Labute approximate surface area is 162 Å². The first-order valence-electron chi connectivity index (χ1n) is 8.86. The number of likely N-dealkylation sites (tertiary alicyclic amines) is 1. The van der Waals surface area contributed by atoms with Crippen molar-refractivity contribution in [1.29, 1.82) is 0 Å². The van der Waals surface area contributed by atoms with E-state index in [2.05, 4.69) is 10.1 Å². The Hall–Kier alpha value is -3.03. The highest BCUT2D eigenvalue weighted by atomic mass is 19.3. The number of urea groups is 1. The maximum Gasteiger partial charge on any atom is 0.387 e. The van der Waals surface area contributed by atoms with Crippen molar-refractivity contribution in [1.82, 2.24) is 4.90 Å². The fourth-order valence-corrected chi connectivity index (χ4v) is 3.37. The second-order valence-electron chi connectivity index (χ2n) is 6.30. The molecule has 0 aliphatic carbocycles. The van der Waals surface area contributed by atoms with Gasteiger partial charge in [-0.2, -0.15) is 8.78 Å². The van der Waals surface area contributed by atoms with E-state index in [-0.39, 0.29) is 17.8 Å². The second-order valence-corrected chi connectivity index (χ2v) is 6.30. The lowest BCUT2D eigenvalue weighted by Gasteiger charge is -2.27. The minimum atomic E-state index is -2.92. The molecule has 8 heteroatoms. The van der Waals surface area contributed by atoms with Gasteiger partial charge in [-0.05, 0) is 37.1 Å². The molecule has 3 rings (SSSR count). The Kier molecular flexibility index (Phi) is 6.18. The van der Waals surface area contributed by atoms with Crippen molar-refractivity contribution in [3.8, 4) is 17.2 Å². The van der Waals surface area contributed by atoms with Crippen molar-refractivity contribution in [3.05, 3.63) is 48.0 Å². The summed E-state index contributed by atoms with van der Waals surface area (Å²) in [7, 11) is 3.15. The summed E-state index contributed by atoms with van der Waals surface area (Å²) in [5.74, 6) is 1.31. The molecule has 28 heavy (non-hydrogen) atoms. The Balaban J connectivity index is 1.77. The molecule has 2 aromatic carbocycles. The van der Waals surface area contributed by atoms with Crippen LogP contribution in [0.25, 0.3) is 0 Å². The predicted octanol–water partition coefficient (Wildman–Crippen LogP) is 4.67. The van der Waals surface area contributed by atoms with Crippen LogP contribution in [0.15, 0.2) is 42.5 Å². The minimum absolute atomic E-state index is 0.0115. The van der Waals surface area contributed by atoms with Gasteiger partial charge < -0.3 is 24.4 Å². The molecule has 0 spiro atoms. The average Bonchev–Trinajstić information content (AvgIpc) is 3.17. The lowest BCUT2D eigenvalue weighted by Crippen LogP contribution is -2.34. The maximum absolute atomic E-state index is 12.8. The normalized spacial score (nSPS) is 16.2. The van der Waals surface area contributed by atoms with Crippen LogP contribution in [0.3, 0.4) is 0 Å². The van der Waals surface area contributed by atoms with Crippen molar-refractivity contribution < 1.29 is 27.8 Å². The number of benzene rings is 2. The zero-order valence-corrected chi connectivity index (χ0v) is 15.7. The molecule has 0 radical (unpaired) electrons. The first-order chi connectivity index (χ1) is 13.5. The van der Waals surface area contributed by atoms with Gasteiger partial charge >= 0.3 is 12.6 Å². The monoisotopic (exact) mass is 392 g/mol. The number of carbonyl (C=O) groups excluding carboxylic acids is 1. The number of amides is 2. The van der Waals surface area contributed by atoms with Crippen LogP contribution in [0, 0.1) is 0 Å². The lowest BCUT2D eigenvalue weighted by atomic mass is 10.0. The largest absolute Gasteiger partial charge is 0.497 e.